The van der Waals surface area contributed by atoms with E-state index in [1.807, 2.05) is 24.3 Å². The highest BCUT2D eigenvalue weighted by molar-refractivity contribution is 6.07. The van der Waals surface area contributed by atoms with Gasteiger partial charge in [-0.3, -0.25) is 9.69 Å². The zero-order valence-corrected chi connectivity index (χ0v) is 14.2. The zero-order valence-electron chi connectivity index (χ0n) is 14.2. The number of ether oxygens (including phenoxy) is 2. The van der Waals surface area contributed by atoms with Gasteiger partial charge in [0.2, 0.25) is 11.8 Å². The van der Waals surface area contributed by atoms with Crippen molar-refractivity contribution in [3.63, 3.8) is 0 Å². The molecule has 1 saturated heterocycles. The molecule has 0 spiro atoms. The smallest absolute Gasteiger partial charge is 0.266 e. The molecule has 0 aliphatic carbocycles. The highest BCUT2D eigenvalue weighted by atomic mass is 16.5. The Morgan fingerprint density at radius 2 is 2.12 bits per heavy atom. The summed E-state index contributed by atoms with van der Waals surface area (Å²) in [6.45, 7) is 2.53. The van der Waals surface area contributed by atoms with E-state index < -0.39 is 0 Å². The maximum atomic E-state index is 13.2. The van der Waals surface area contributed by atoms with Gasteiger partial charge in [0.25, 0.3) is 5.91 Å². The van der Waals surface area contributed by atoms with Crippen LogP contribution in [0, 0.1) is 0 Å². The van der Waals surface area contributed by atoms with Crippen LogP contribution in [0.3, 0.4) is 0 Å². The van der Waals surface area contributed by atoms with Crippen molar-refractivity contribution >= 4 is 22.9 Å². The Bertz CT molecular complexity index is 978. The number of hydrogen-bond donors (Lipinski definition) is 0. The van der Waals surface area contributed by atoms with Gasteiger partial charge in [-0.1, -0.05) is 12.1 Å². The Hall–Kier alpha value is -2.93. The minimum absolute atomic E-state index is 0.0559. The van der Waals surface area contributed by atoms with Gasteiger partial charge in [0, 0.05) is 25.7 Å². The fraction of sp³-hybridized carbons (Fsp3) is 0.316. The molecule has 3 aromatic rings. The number of imidazole rings is 1. The quantitative estimate of drug-likeness (QED) is 0.725. The van der Waals surface area contributed by atoms with Crippen LogP contribution < -0.4 is 9.64 Å². The SMILES string of the molecule is O=C(c1cccnc1O[C@H]1CCOC1)N1CCn2c1nc1ccccc12. The summed E-state index contributed by atoms with van der Waals surface area (Å²) in [5.74, 6) is 0.902. The standard InChI is InChI=1S/C19H18N4O3/c24-18(14-4-3-8-20-17(14)26-13-7-11-25-12-13)23-10-9-22-16-6-2-1-5-15(16)21-19(22)23/h1-6,8,13H,7,9-12H2/t13-/m0/s1. The second-order valence-corrected chi connectivity index (χ2v) is 6.47. The first-order valence-electron chi connectivity index (χ1n) is 8.78. The monoisotopic (exact) mass is 350 g/mol. The molecule has 132 valence electrons. The molecular weight excluding hydrogens is 332 g/mol. The summed E-state index contributed by atoms with van der Waals surface area (Å²) in [5, 5.41) is 0. The van der Waals surface area contributed by atoms with E-state index in [0.29, 0.717) is 37.2 Å². The lowest BCUT2D eigenvalue weighted by molar-refractivity contribution is 0.0975. The van der Waals surface area contributed by atoms with Crippen molar-refractivity contribution in [2.75, 3.05) is 24.7 Å². The van der Waals surface area contributed by atoms with E-state index in [1.54, 1.807) is 23.2 Å². The lowest BCUT2D eigenvalue weighted by Gasteiger charge is -2.17. The third-order valence-electron chi connectivity index (χ3n) is 4.84. The number of rotatable bonds is 3. The summed E-state index contributed by atoms with van der Waals surface area (Å²) in [6, 6.07) is 11.4. The second-order valence-electron chi connectivity index (χ2n) is 6.47. The van der Waals surface area contributed by atoms with E-state index in [4.69, 9.17) is 9.47 Å². The molecule has 7 nitrogen and oxygen atoms in total. The normalized spacial score (nSPS) is 19.1. The Morgan fingerprint density at radius 1 is 1.19 bits per heavy atom. The number of carbonyl (C=O) groups is 1. The van der Waals surface area contributed by atoms with Crippen molar-refractivity contribution < 1.29 is 14.3 Å². The fourth-order valence-corrected chi connectivity index (χ4v) is 3.54. The zero-order chi connectivity index (χ0) is 17.5. The van der Waals surface area contributed by atoms with Gasteiger partial charge in [-0.2, -0.15) is 0 Å². The van der Waals surface area contributed by atoms with E-state index in [1.165, 1.54) is 0 Å². The molecule has 4 heterocycles. The van der Waals surface area contributed by atoms with Gasteiger partial charge in [-0.15, -0.1) is 0 Å². The number of nitrogens with zero attached hydrogens (tertiary/aromatic N) is 4. The van der Waals surface area contributed by atoms with E-state index in [9.17, 15) is 4.79 Å². The van der Waals surface area contributed by atoms with Crippen molar-refractivity contribution in [2.45, 2.75) is 19.1 Å². The third-order valence-corrected chi connectivity index (χ3v) is 4.84. The van der Waals surface area contributed by atoms with Crippen molar-refractivity contribution in [3.8, 4) is 5.88 Å². The lowest BCUT2D eigenvalue weighted by Crippen LogP contribution is -2.30. The molecule has 7 heteroatoms. The number of fused-ring (bicyclic) bond motifs is 3. The van der Waals surface area contributed by atoms with Gasteiger partial charge < -0.3 is 14.0 Å². The highest BCUT2D eigenvalue weighted by Gasteiger charge is 2.31. The van der Waals surface area contributed by atoms with Gasteiger partial charge >= 0.3 is 0 Å². The van der Waals surface area contributed by atoms with Crippen LogP contribution in [-0.4, -0.2) is 46.3 Å². The van der Waals surface area contributed by atoms with Crippen LogP contribution in [0.4, 0.5) is 5.95 Å². The number of pyridine rings is 1. The van der Waals surface area contributed by atoms with Gasteiger partial charge in [-0.25, -0.2) is 9.97 Å². The van der Waals surface area contributed by atoms with Crippen LogP contribution in [-0.2, 0) is 11.3 Å². The Labute approximate surface area is 150 Å². The molecule has 2 aliphatic heterocycles. The average Bonchev–Trinajstić information content (AvgIpc) is 3.38. The molecule has 0 radical (unpaired) electrons. The van der Waals surface area contributed by atoms with Gasteiger partial charge in [-0.05, 0) is 24.3 Å². The molecule has 26 heavy (non-hydrogen) atoms. The fourth-order valence-electron chi connectivity index (χ4n) is 3.54. The molecule has 1 fully saturated rings. The lowest BCUT2D eigenvalue weighted by atomic mass is 10.2. The molecule has 1 aromatic carbocycles. The molecule has 2 aromatic heterocycles. The minimum atomic E-state index is -0.138. The highest BCUT2D eigenvalue weighted by Crippen LogP contribution is 2.30. The third kappa shape index (κ3) is 2.43. The maximum absolute atomic E-state index is 13.2. The maximum Gasteiger partial charge on any atom is 0.266 e. The van der Waals surface area contributed by atoms with E-state index in [0.717, 1.165) is 24.0 Å². The molecule has 1 amide bonds. The number of anilines is 1. The van der Waals surface area contributed by atoms with Crippen LogP contribution in [0.1, 0.15) is 16.8 Å². The summed E-state index contributed by atoms with van der Waals surface area (Å²) in [4.78, 5) is 23.8. The number of amides is 1. The van der Waals surface area contributed by atoms with Gasteiger partial charge in [0.15, 0.2) is 0 Å². The van der Waals surface area contributed by atoms with Gasteiger partial charge in [0.1, 0.15) is 11.7 Å². The summed E-state index contributed by atoms with van der Waals surface area (Å²) in [6.07, 6.45) is 2.39. The summed E-state index contributed by atoms with van der Waals surface area (Å²) in [7, 11) is 0. The van der Waals surface area contributed by atoms with E-state index in [2.05, 4.69) is 14.5 Å². The number of aromatic nitrogens is 3. The van der Waals surface area contributed by atoms with Crippen molar-refractivity contribution in [1.82, 2.24) is 14.5 Å². The van der Waals surface area contributed by atoms with Crippen LogP contribution in [0.25, 0.3) is 11.0 Å². The predicted molar refractivity (Wildman–Crippen MR) is 95.5 cm³/mol. The van der Waals surface area contributed by atoms with Gasteiger partial charge in [0.05, 0.1) is 24.2 Å². The van der Waals surface area contributed by atoms with Crippen molar-refractivity contribution in [1.29, 1.82) is 0 Å². The molecule has 1 atom stereocenters. The predicted octanol–water partition coefficient (Wildman–Crippen LogP) is 2.26. The first-order valence-corrected chi connectivity index (χ1v) is 8.78. The molecular formula is C19H18N4O3. The number of hydrogen-bond acceptors (Lipinski definition) is 5. The number of benzene rings is 1. The van der Waals surface area contributed by atoms with Crippen LogP contribution in [0.2, 0.25) is 0 Å². The number of para-hydroxylation sites is 2. The average molecular weight is 350 g/mol. The molecule has 0 bridgehead atoms. The van der Waals surface area contributed by atoms with Crippen LogP contribution in [0.15, 0.2) is 42.6 Å². The topological polar surface area (TPSA) is 69.5 Å². The summed E-state index contributed by atoms with van der Waals surface area (Å²) < 4.78 is 13.3. The minimum Gasteiger partial charge on any atom is -0.471 e. The molecule has 2 aliphatic rings. The van der Waals surface area contributed by atoms with Crippen molar-refractivity contribution in [3.05, 3.63) is 48.2 Å². The molecule has 0 saturated carbocycles. The van der Waals surface area contributed by atoms with Crippen LogP contribution >= 0.6 is 0 Å². The van der Waals surface area contributed by atoms with Crippen molar-refractivity contribution in [2.24, 2.45) is 0 Å². The van der Waals surface area contributed by atoms with E-state index >= 15 is 0 Å². The largest absolute Gasteiger partial charge is 0.471 e. The molecule has 0 N–H and O–H groups in total. The first-order chi connectivity index (χ1) is 12.8. The Kier molecular flexibility index (Phi) is 3.60. The number of carbonyl (C=O) groups excluding carboxylic acids is 1. The molecule has 5 rings (SSSR count). The second kappa shape index (κ2) is 6.10. The Morgan fingerprint density at radius 3 is 3.00 bits per heavy atom. The molecule has 0 unspecified atom stereocenters. The summed E-state index contributed by atoms with van der Waals surface area (Å²) >= 11 is 0. The first kappa shape index (κ1) is 15.3. The Balaban J connectivity index is 1.48. The van der Waals surface area contributed by atoms with Crippen LogP contribution in [0.5, 0.6) is 5.88 Å². The van der Waals surface area contributed by atoms with E-state index in [-0.39, 0.29) is 12.0 Å². The summed E-state index contributed by atoms with van der Waals surface area (Å²) in [5.41, 5.74) is 2.40.